The van der Waals surface area contributed by atoms with Gasteiger partial charge in [-0.3, -0.25) is 19.5 Å². The van der Waals surface area contributed by atoms with Gasteiger partial charge in [0.2, 0.25) is 0 Å². The molecule has 0 aromatic carbocycles. The van der Waals surface area contributed by atoms with Gasteiger partial charge in [-0.1, -0.05) is 26.0 Å². The fourth-order valence-corrected chi connectivity index (χ4v) is 10.8. The molecule has 1 aromatic rings. The smallest absolute Gasteiger partial charge is 0.341 e. The van der Waals surface area contributed by atoms with Crippen LogP contribution in [0.1, 0.15) is 46.5 Å². The molecule has 2 saturated carbocycles. The first-order valence-electron chi connectivity index (χ1n) is 19.6. The Balaban J connectivity index is 1.14. The number of nitrogens with zero attached hydrogens (tertiary/aromatic N) is 4. The number of hydrogen-bond donors (Lipinski definition) is 3. The number of likely N-dealkylation sites (N-methyl/N-ethyl adjacent to an activating group) is 1. The maximum atomic E-state index is 13.9. The van der Waals surface area contributed by atoms with E-state index in [2.05, 4.69) is 22.1 Å². The van der Waals surface area contributed by atoms with Crippen molar-refractivity contribution in [3.63, 3.8) is 0 Å². The van der Waals surface area contributed by atoms with Crippen LogP contribution in [0.15, 0.2) is 71.8 Å². The number of amides is 1. The van der Waals surface area contributed by atoms with E-state index >= 15 is 0 Å². The summed E-state index contributed by atoms with van der Waals surface area (Å²) in [6.45, 7) is 9.50. The van der Waals surface area contributed by atoms with Crippen LogP contribution in [0.5, 0.6) is 0 Å². The maximum absolute atomic E-state index is 13.9. The first kappa shape index (κ1) is 38.0. The van der Waals surface area contributed by atoms with Crippen LogP contribution in [0, 0.1) is 22.7 Å². The van der Waals surface area contributed by atoms with Crippen molar-refractivity contribution in [3.8, 4) is 0 Å². The van der Waals surface area contributed by atoms with Crippen LogP contribution in [-0.2, 0) is 33.3 Å². The number of morpholine rings is 1. The highest BCUT2D eigenvalue weighted by molar-refractivity contribution is 6.04. The fourth-order valence-electron chi connectivity index (χ4n) is 10.8. The zero-order valence-electron chi connectivity index (χ0n) is 32.1. The number of esters is 2. The molecule has 7 aliphatic rings. The predicted octanol–water partition coefficient (Wildman–Crippen LogP) is 2.37. The monoisotopic (exact) mass is 759 g/mol. The van der Waals surface area contributed by atoms with Crippen molar-refractivity contribution in [2.75, 3.05) is 58.5 Å². The molecule has 296 valence electrons. The number of ether oxygens (including phenoxy) is 4. The second kappa shape index (κ2) is 14.5. The molecule has 3 saturated heterocycles. The largest absolute Gasteiger partial charge is 0.464 e. The van der Waals surface area contributed by atoms with Crippen molar-refractivity contribution < 1.29 is 43.5 Å². The number of hydrogen-bond acceptors (Lipinski definition) is 13. The quantitative estimate of drug-likeness (QED) is 0.181. The fraction of sp³-hybridized carbons (Fsp3) is 0.610. The predicted molar refractivity (Wildman–Crippen MR) is 200 cm³/mol. The Morgan fingerprint density at radius 3 is 2.69 bits per heavy atom. The number of aromatic nitrogens is 1. The first-order chi connectivity index (χ1) is 26.4. The minimum absolute atomic E-state index is 0.0125. The number of allylic oxidation sites excluding steroid dienone is 4. The summed E-state index contributed by atoms with van der Waals surface area (Å²) in [5.41, 5.74) is -0.438. The molecule has 0 radical (unpaired) electrons. The summed E-state index contributed by atoms with van der Waals surface area (Å²) in [6.07, 6.45) is 12.1. The lowest BCUT2D eigenvalue weighted by atomic mass is 9.43. The summed E-state index contributed by atoms with van der Waals surface area (Å²) < 4.78 is 23.4. The van der Waals surface area contributed by atoms with Crippen LogP contribution in [0.2, 0.25) is 0 Å². The molecule has 1 amide bonds. The van der Waals surface area contributed by atoms with Gasteiger partial charge in [0.15, 0.2) is 6.04 Å². The number of aliphatic hydroxyl groups excluding tert-OH is 2. The van der Waals surface area contributed by atoms with Gasteiger partial charge in [-0.05, 0) is 92.8 Å². The summed E-state index contributed by atoms with van der Waals surface area (Å²) in [6, 6.07) is 4.09. The summed E-state index contributed by atoms with van der Waals surface area (Å²) >= 11 is 0. The van der Waals surface area contributed by atoms with Gasteiger partial charge in [-0.25, -0.2) is 14.6 Å². The molecule has 2 aliphatic carbocycles. The van der Waals surface area contributed by atoms with E-state index in [4.69, 9.17) is 18.9 Å². The van der Waals surface area contributed by atoms with Gasteiger partial charge in [-0.15, -0.1) is 0 Å². The van der Waals surface area contributed by atoms with Gasteiger partial charge in [-0.2, -0.15) is 0 Å². The Kier molecular flexibility index (Phi) is 10.0. The molecule has 8 rings (SSSR count). The van der Waals surface area contributed by atoms with Gasteiger partial charge in [0.25, 0.3) is 5.91 Å². The molecule has 14 heteroatoms. The van der Waals surface area contributed by atoms with Gasteiger partial charge < -0.3 is 34.5 Å². The molecule has 55 heavy (non-hydrogen) atoms. The summed E-state index contributed by atoms with van der Waals surface area (Å²) in [4.78, 5) is 50.1. The van der Waals surface area contributed by atoms with E-state index < -0.39 is 47.3 Å². The van der Waals surface area contributed by atoms with Crippen molar-refractivity contribution >= 4 is 23.7 Å². The second-order valence-corrected chi connectivity index (χ2v) is 16.6. The van der Waals surface area contributed by atoms with Gasteiger partial charge in [0, 0.05) is 36.9 Å². The number of epoxide rings is 1. The lowest BCUT2D eigenvalue weighted by molar-refractivity contribution is -0.197. The normalized spacial score (nSPS) is 38.7. The molecule has 1 aromatic heterocycles. The number of anilines is 1. The topological polar surface area (TPSA) is 167 Å². The Hall–Kier alpha value is -3.92. The van der Waals surface area contributed by atoms with E-state index in [0.717, 1.165) is 25.9 Å². The Labute approximate surface area is 321 Å². The van der Waals surface area contributed by atoms with Crippen LogP contribution in [0.3, 0.4) is 0 Å². The van der Waals surface area contributed by atoms with Crippen molar-refractivity contribution in [2.45, 2.75) is 82.5 Å². The zero-order valence-corrected chi connectivity index (χ0v) is 32.1. The van der Waals surface area contributed by atoms with Crippen molar-refractivity contribution in [3.05, 3.63) is 71.8 Å². The molecule has 7 unspecified atom stereocenters. The number of carbonyl (C=O) groups excluding carboxylic acids is 3. The minimum Gasteiger partial charge on any atom is -0.464 e. The molecular formula is C41H53N5O9. The number of rotatable bonds is 10. The molecule has 14 nitrogen and oxygen atoms in total. The summed E-state index contributed by atoms with van der Waals surface area (Å²) in [5.74, 6) is -0.584. The van der Waals surface area contributed by atoms with Crippen LogP contribution < -0.4 is 5.32 Å². The third kappa shape index (κ3) is 6.44. The molecular weight excluding hydrogens is 706 g/mol. The molecule has 1 spiro atoms. The standard InChI is InChI=1S/C41H53N5O9/c1-5-53-38(51)35-36(49)46-22-25(9-10-34(46)44(35)4)18-26-19-27(37(50)55-26)28(43-33-8-6-7-13-42-33)20-30-39(2)12-11-32(48)40(3,23-47)29(39)21-31(41(30)24-54-41)45-14-16-52-17-15-45/h6-10,13,18-19,22,28-32,34-35,47-48H,5,11-12,14-17,20-21,23-24H2,1-4H3,(H,42,43)/b26-18+/t28?,29?,30?,31?,32-,34?,35?,39+,40+,41?/m1/s1. The SMILES string of the molecule is CCOC(=O)C1C(=O)N2C=C(/C=C3\C=C(C(CC4C5(CO5)C(N5CCOCC5)CC5[C@]4(C)CC[C@@H](O)[C@@]5(C)CO)Nc4ccccn4)C(=O)O3)C=CC2N1C. The van der Waals surface area contributed by atoms with E-state index in [1.165, 1.54) is 4.90 Å². The number of nitrogens with one attached hydrogen (secondary N) is 1. The van der Waals surface area contributed by atoms with E-state index in [9.17, 15) is 24.6 Å². The number of cyclic esters (lactones) is 1. The number of pyridine rings is 1. The number of carbonyl (C=O) groups is 3. The van der Waals surface area contributed by atoms with E-state index in [-0.39, 0.29) is 42.4 Å². The second-order valence-electron chi connectivity index (χ2n) is 16.6. The molecule has 5 aliphatic heterocycles. The van der Waals surface area contributed by atoms with Crippen molar-refractivity contribution in [2.24, 2.45) is 22.7 Å². The van der Waals surface area contributed by atoms with E-state index in [1.807, 2.05) is 37.3 Å². The molecule has 10 atom stereocenters. The highest BCUT2D eigenvalue weighted by atomic mass is 16.6. The Morgan fingerprint density at radius 1 is 1.22 bits per heavy atom. The van der Waals surface area contributed by atoms with Gasteiger partial charge in [0.05, 0.1) is 50.8 Å². The molecule has 5 fully saturated rings. The Morgan fingerprint density at radius 2 is 2.00 bits per heavy atom. The average molecular weight is 760 g/mol. The highest BCUT2D eigenvalue weighted by Gasteiger charge is 2.71. The molecule has 0 bridgehead atoms. The lowest BCUT2D eigenvalue weighted by Crippen LogP contribution is -2.68. The van der Waals surface area contributed by atoms with E-state index in [0.29, 0.717) is 55.4 Å². The Bertz CT molecular complexity index is 1810. The average Bonchev–Trinajstić information content (AvgIpc) is 3.82. The number of fused-ring (bicyclic) bond motifs is 2. The number of aliphatic hydroxyl groups is 2. The third-order valence-electron chi connectivity index (χ3n) is 13.8. The van der Waals surface area contributed by atoms with Gasteiger partial charge in [0.1, 0.15) is 23.3 Å². The van der Waals surface area contributed by atoms with Crippen LogP contribution in [0.4, 0.5) is 5.82 Å². The van der Waals surface area contributed by atoms with Crippen molar-refractivity contribution in [1.29, 1.82) is 0 Å². The summed E-state index contributed by atoms with van der Waals surface area (Å²) in [7, 11) is 1.71. The van der Waals surface area contributed by atoms with Crippen LogP contribution >= 0.6 is 0 Å². The lowest BCUT2D eigenvalue weighted by Gasteiger charge is -2.64. The van der Waals surface area contributed by atoms with E-state index in [1.54, 1.807) is 43.4 Å². The minimum atomic E-state index is -1.04. The molecule has 3 N–H and O–H groups in total. The van der Waals surface area contributed by atoms with Crippen LogP contribution in [0.25, 0.3) is 0 Å². The highest BCUT2D eigenvalue weighted by Crippen LogP contribution is 2.67. The zero-order chi connectivity index (χ0) is 38.7. The molecule has 6 heterocycles. The first-order valence-corrected chi connectivity index (χ1v) is 19.6. The van der Waals surface area contributed by atoms with Crippen molar-refractivity contribution in [1.82, 2.24) is 19.7 Å². The third-order valence-corrected chi connectivity index (χ3v) is 13.8. The maximum Gasteiger partial charge on any atom is 0.341 e. The summed E-state index contributed by atoms with van der Waals surface area (Å²) in [5, 5.41) is 25.9. The van der Waals surface area contributed by atoms with Crippen LogP contribution in [-0.4, -0.2) is 137 Å². The van der Waals surface area contributed by atoms with Gasteiger partial charge >= 0.3 is 11.9 Å².